The fourth-order valence-corrected chi connectivity index (χ4v) is 4.21. The second-order valence-electron chi connectivity index (χ2n) is 7.38. The van der Waals surface area contributed by atoms with Crippen LogP contribution in [-0.2, 0) is 12.8 Å². The third-order valence-corrected chi connectivity index (χ3v) is 5.59. The van der Waals surface area contributed by atoms with Gasteiger partial charge in [0.15, 0.2) is 5.69 Å². The third kappa shape index (κ3) is 2.92. The van der Waals surface area contributed by atoms with Crippen LogP contribution in [0.3, 0.4) is 0 Å². The highest BCUT2D eigenvalue weighted by molar-refractivity contribution is 5.94. The molecule has 1 aromatic heterocycles. The smallest absolute Gasteiger partial charge is 0.272 e. The summed E-state index contributed by atoms with van der Waals surface area (Å²) < 4.78 is 16.1. The molecule has 1 amide bonds. The van der Waals surface area contributed by atoms with Gasteiger partial charge in [-0.3, -0.25) is 4.79 Å². The molecule has 6 heteroatoms. The molecule has 2 N–H and O–H groups in total. The number of nitrogens with zero attached hydrogens (tertiary/aromatic N) is 2. The molecule has 0 radical (unpaired) electrons. The largest absolute Gasteiger partial charge is 0.391 e. The van der Waals surface area contributed by atoms with Gasteiger partial charge in [-0.25, -0.2) is 9.07 Å². The monoisotopic (exact) mass is 357 g/mol. The molecule has 2 aliphatic rings. The Morgan fingerprint density at radius 2 is 2.08 bits per heavy atom. The minimum atomic E-state index is -0.503. The van der Waals surface area contributed by atoms with Crippen LogP contribution in [0.5, 0.6) is 0 Å². The first-order chi connectivity index (χ1) is 12.6. The summed E-state index contributed by atoms with van der Waals surface area (Å²) in [6, 6.07) is 4.72. The number of carbonyl (C=O) groups is 1. The maximum Gasteiger partial charge on any atom is 0.272 e. The zero-order chi connectivity index (χ0) is 18.3. The highest BCUT2D eigenvalue weighted by atomic mass is 19.1. The number of hydrogen-bond acceptors (Lipinski definition) is 3. The van der Waals surface area contributed by atoms with Crippen LogP contribution in [-0.4, -0.2) is 32.9 Å². The Morgan fingerprint density at radius 1 is 1.27 bits per heavy atom. The number of benzene rings is 1. The standard InChI is InChI=1S/C20H24FN3O2/c1-12-6-4-8-14(21)19(12)24-16-10-5-7-13(16)18(23-24)20(26)22-15-9-2-3-11-17(15)25/h4,6,8,15,17,25H,2-3,5,7,9-11H2,1H3,(H,22,26)/t15-,17-/m1/s1. The van der Waals surface area contributed by atoms with Gasteiger partial charge in [0.25, 0.3) is 5.91 Å². The highest BCUT2D eigenvalue weighted by Crippen LogP contribution is 2.30. The van der Waals surface area contributed by atoms with Crippen LogP contribution >= 0.6 is 0 Å². The molecule has 0 aliphatic heterocycles. The molecule has 2 aromatic rings. The SMILES string of the molecule is Cc1cccc(F)c1-n1nc(C(=O)N[C@@H]2CCCC[C@H]2O)c2c1CCC2. The third-order valence-electron chi connectivity index (χ3n) is 5.59. The van der Waals surface area contributed by atoms with E-state index in [-0.39, 0.29) is 17.8 Å². The fourth-order valence-electron chi connectivity index (χ4n) is 4.21. The number of amides is 1. The predicted molar refractivity (Wildman–Crippen MR) is 96.0 cm³/mol. The van der Waals surface area contributed by atoms with Crippen molar-refractivity contribution in [2.24, 2.45) is 0 Å². The Morgan fingerprint density at radius 3 is 2.85 bits per heavy atom. The average molecular weight is 357 g/mol. The van der Waals surface area contributed by atoms with Crippen molar-refractivity contribution in [3.63, 3.8) is 0 Å². The van der Waals surface area contributed by atoms with Crippen LogP contribution in [0.1, 0.15) is 59.4 Å². The van der Waals surface area contributed by atoms with E-state index in [0.717, 1.165) is 55.3 Å². The first kappa shape index (κ1) is 17.2. The van der Waals surface area contributed by atoms with E-state index in [1.54, 1.807) is 10.7 Å². The molecule has 1 heterocycles. The van der Waals surface area contributed by atoms with Gasteiger partial charge in [-0.2, -0.15) is 5.10 Å². The quantitative estimate of drug-likeness (QED) is 0.888. The number of halogens is 1. The number of carbonyl (C=O) groups excluding carboxylic acids is 1. The minimum absolute atomic E-state index is 0.228. The van der Waals surface area contributed by atoms with Crippen molar-refractivity contribution in [2.75, 3.05) is 0 Å². The average Bonchev–Trinajstić information content (AvgIpc) is 3.20. The van der Waals surface area contributed by atoms with Crippen molar-refractivity contribution in [2.45, 2.75) is 64.0 Å². The molecule has 5 nitrogen and oxygen atoms in total. The van der Waals surface area contributed by atoms with Crippen LogP contribution in [0.2, 0.25) is 0 Å². The summed E-state index contributed by atoms with van der Waals surface area (Å²) in [6.07, 6.45) is 5.49. The van der Waals surface area contributed by atoms with E-state index in [4.69, 9.17) is 0 Å². The van der Waals surface area contributed by atoms with E-state index in [1.807, 2.05) is 13.0 Å². The summed E-state index contributed by atoms with van der Waals surface area (Å²) in [4.78, 5) is 12.8. The fraction of sp³-hybridized carbons (Fsp3) is 0.500. The normalized spacial score (nSPS) is 22.3. The summed E-state index contributed by atoms with van der Waals surface area (Å²) >= 11 is 0. The first-order valence-corrected chi connectivity index (χ1v) is 9.41. The lowest BCUT2D eigenvalue weighted by Gasteiger charge is -2.28. The lowest BCUT2D eigenvalue weighted by atomic mass is 9.92. The number of nitrogens with one attached hydrogen (secondary N) is 1. The van der Waals surface area contributed by atoms with Gasteiger partial charge in [-0.15, -0.1) is 0 Å². The number of fused-ring (bicyclic) bond motifs is 1. The van der Waals surface area contributed by atoms with E-state index >= 15 is 0 Å². The molecule has 1 saturated carbocycles. The zero-order valence-corrected chi connectivity index (χ0v) is 15.0. The van der Waals surface area contributed by atoms with Gasteiger partial charge in [-0.05, 0) is 50.7 Å². The molecule has 138 valence electrons. The maximum atomic E-state index is 14.4. The molecule has 26 heavy (non-hydrogen) atoms. The van der Waals surface area contributed by atoms with E-state index in [0.29, 0.717) is 17.8 Å². The Hall–Kier alpha value is -2.21. The Balaban J connectivity index is 1.69. The van der Waals surface area contributed by atoms with Gasteiger partial charge >= 0.3 is 0 Å². The van der Waals surface area contributed by atoms with Crippen LogP contribution in [0.4, 0.5) is 4.39 Å². The van der Waals surface area contributed by atoms with Crippen LogP contribution in [0, 0.1) is 12.7 Å². The molecule has 2 aliphatic carbocycles. The van der Waals surface area contributed by atoms with Gasteiger partial charge in [0.05, 0.1) is 12.1 Å². The number of aryl methyl sites for hydroxylation is 1. The predicted octanol–water partition coefficient (Wildman–Crippen LogP) is 2.84. The van der Waals surface area contributed by atoms with Crippen molar-refractivity contribution >= 4 is 5.91 Å². The van der Waals surface area contributed by atoms with Crippen LogP contribution in [0.15, 0.2) is 18.2 Å². The van der Waals surface area contributed by atoms with E-state index < -0.39 is 6.10 Å². The van der Waals surface area contributed by atoms with Crippen LogP contribution < -0.4 is 5.32 Å². The number of para-hydroxylation sites is 1. The number of aliphatic hydroxyl groups excluding tert-OH is 1. The number of aliphatic hydroxyl groups is 1. The summed E-state index contributed by atoms with van der Waals surface area (Å²) in [6.45, 7) is 1.85. The zero-order valence-electron chi connectivity index (χ0n) is 15.0. The van der Waals surface area contributed by atoms with Crippen molar-refractivity contribution in [1.29, 1.82) is 0 Å². The second-order valence-corrected chi connectivity index (χ2v) is 7.38. The number of rotatable bonds is 3. The number of aromatic nitrogens is 2. The lowest BCUT2D eigenvalue weighted by Crippen LogP contribution is -2.45. The Kier molecular flexibility index (Phi) is 4.53. The maximum absolute atomic E-state index is 14.4. The molecule has 0 saturated heterocycles. The van der Waals surface area contributed by atoms with Gasteiger partial charge in [0.1, 0.15) is 11.5 Å². The van der Waals surface area contributed by atoms with Gasteiger partial charge in [-0.1, -0.05) is 25.0 Å². The molecule has 0 unspecified atom stereocenters. The highest BCUT2D eigenvalue weighted by Gasteiger charge is 2.31. The molecular formula is C20H24FN3O2. The van der Waals surface area contributed by atoms with Crippen molar-refractivity contribution in [3.05, 3.63) is 46.5 Å². The van der Waals surface area contributed by atoms with Crippen molar-refractivity contribution < 1.29 is 14.3 Å². The van der Waals surface area contributed by atoms with Crippen molar-refractivity contribution in [3.8, 4) is 5.69 Å². The molecule has 4 rings (SSSR count). The number of hydrogen-bond donors (Lipinski definition) is 2. The summed E-state index contributed by atoms with van der Waals surface area (Å²) in [5.74, 6) is -0.598. The Bertz CT molecular complexity index is 826. The molecule has 0 bridgehead atoms. The second kappa shape index (κ2) is 6.83. The molecular weight excluding hydrogens is 333 g/mol. The van der Waals surface area contributed by atoms with Crippen LogP contribution in [0.25, 0.3) is 5.69 Å². The Labute approximate surface area is 152 Å². The molecule has 1 aromatic carbocycles. The summed E-state index contributed by atoms with van der Waals surface area (Å²) in [7, 11) is 0. The van der Waals surface area contributed by atoms with E-state index in [2.05, 4.69) is 10.4 Å². The first-order valence-electron chi connectivity index (χ1n) is 9.41. The molecule has 2 atom stereocenters. The van der Waals surface area contributed by atoms with Gasteiger partial charge in [0, 0.05) is 11.3 Å². The summed E-state index contributed by atoms with van der Waals surface area (Å²) in [5.41, 5.74) is 3.42. The van der Waals surface area contributed by atoms with Crippen molar-refractivity contribution in [1.82, 2.24) is 15.1 Å². The topological polar surface area (TPSA) is 67.2 Å². The van der Waals surface area contributed by atoms with Gasteiger partial charge < -0.3 is 10.4 Å². The lowest BCUT2D eigenvalue weighted by molar-refractivity contribution is 0.0713. The minimum Gasteiger partial charge on any atom is -0.391 e. The van der Waals surface area contributed by atoms with Gasteiger partial charge in [0.2, 0.25) is 0 Å². The van der Waals surface area contributed by atoms with E-state index in [9.17, 15) is 14.3 Å². The molecule has 0 spiro atoms. The summed E-state index contributed by atoms with van der Waals surface area (Å²) in [5, 5.41) is 17.6. The molecule has 1 fully saturated rings. The van der Waals surface area contributed by atoms with E-state index in [1.165, 1.54) is 6.07 Å².